The third-order valence-corrected chi connectivity index (χ3v) is 2.86. The number of rotatable bonds is 2. The Kier molecular flexibility index (Phi) is 2.71. The van der Waals surface area contributed by atoms with Crippen LogP contribution in [0.5, 0.6) is 0 Å². The zero-order valence-electron chi connectivity index (χ0n) is 9.33. The molecular formula is C9H18O4S. The van der Waals surface area contributed by atoms with Crippen molar-refractivity contribution >= 4 is 10.1 Å². The maximum atomic E-state index is 11.0. The Balaban J connectivity index is 2.81. The minimum absolute atomic E-state index is 0.321. The highest BCUT2D eigenvalue weighted by Crippen LogP contribution is 2.39. The van der Waals surface area contributed by atoms with Crippen LogP contribution in [0, 0.1) is 0 Å². The number of hydrogen-bond donors (Lipinski definition) is 0. The van der Waals surface area contributed by atoms with Crippen LogP contribution in [-0.4, -0.2) is 32.0 Å². The van der Waals surface area contributed by atoms with Crippen LogP contribution in [0.15, 0.2) is 0 Å². The van der Waals surface area contributed by atoms with Crippen LogP contribution in [0.1, 0.15) is 34.1 Å². The van der Waals surface area contributed by atoms with E-state index in [1.54, 1.807) is 0 Å². The molecule has 1 aliphatic rings. The third-order valence-electron chi connectivity index (χ3n) is 2.28. The number of hydrogen-bond acceptors (Lipinski definition) is 4. The fourth-order valence-electron chi connectivity index (χ4n) is 1.87. The van der Waals surface area contributed by atoms with Gasteiger partial charge in [0.15, 0.2) is 0 Å². The molecule has 1 saturated heterocycles. The van der Waals surface area contributed by atoms with Gasteiger partial charge in [0.25, 0.3) is 10.1 Å². The van der Waals surface area contributed by atoms with Crippen LogP contribution in [-0.2, 0) is 19.0 Å². The van der Waals surface area contributed by atoms with Crippen molar-refractivity contribution in [2.45, 2.75) is 51.4 Å². The summed E-state index contributed by atoms with van der Waals surface area (Å²) in [6, 6.07) is 0. The third kappa shape index (κ3) is 2.93. The van der Waals surface area contributed by atoms with Crippen LogP contribution < -0.4 is 0 Å². The summed E-state index contributed by atoms with van der Waals surface area (Å²) < 4.78 is 32.7. The molecule has 0 aromatic rings. The van der Waals surface area contributed by atoms with Gasteiger partial charge >= 0.3 is 0 Å². The normalized spacial score (nSPS) is 30.5. The van der Waals surface area contributed by atoms with E-state index in [-0.39, 0.29) is 5.60 Å². The SMILES string of the molecule is CC1(C)C[C@@H](OS(C)(=O)=O)C(C)(C)O1. The molecule has 0 aromatic carbocycles. The van der Waals surface area contributed by atoms with Gasteiger partial charge in [-0.1, -0.05) is 0 Å². The average molecular weight is 222 g/mol. The molecular weight excluding hydrogens is 204 g/mol. The number of ether oxygens (including phenoxy) is 1. The Labute approximate surface area is 85.7 Å². The van der Waals surface area contributed by atoms with Gasteiger partial charge in [0.05, 0.1) is 17.5 Å². The maximum absolute atomic E-state index is 11.0. The molecule has 1 heterocycles. The second-order valence-electron chi connectivity index (χ2n) is 4.96. The van der Waals surface area contributed by atoms with Crippen molar-refractivity contribution in [2.75, 3.05) is 6.26 Å². The smallest absolute Gasteiger partial charge is 0.264 e. The van der Waals surface area contributed by atoms with E-state index < -0.39 is 21.8 Å². The first-order valence-corrected chi connectivity index (χ1v) is 6.42. The van der Waals surface area contributed by atoms with Gasteiger partial charge in [0.2, 0.25) is 0 Å². The summed E-state index contributed by atoms with van der Waals surface area (Å²) in [5.74, 6) is 0. The van der Waals surface area contributed by atoms with Crippen LogP contribution >= 0.6 is 0 Å². The first kappa shape index (κ1) is 11.9. The molecule has 0 aromatic heterocycles. The van der Waals surface area contributed by atoms with Crippen molar-refractivity contribution in [3.05, 3.63) is 0 Å². The Hall–Kier alpha value is -0.130. The highest BCUT2D eigenvalue weighted by molar-refractivity contribution is 7.86. The van der Waals surface area contributed by atoms with Gasteiger partial charge in [-0.05, 0) is 27.7 Å². The highest BCUT2D eigenvalue weighted by atomic mass is 32.2. The lowest BCUT2D eigenvalue weighted by Gasteiger charge is -2.26. The Bertz CT molecular complexity index is 316. The highest BCUT2D eigenvalue weighted by Gasteiger charge is 2.48. The quantitative estimate of drug-likeness (QED) is 0.661. The van der Waals surface area contributed by atoms with Gasteiger partial charge in [-0.2, -0.15) is 8.42 Å². The van der Waals surface area contributed by atoms with Gasteiger partial charge in [-0.25, -0.2) is 0 Å². The van der Waals surface area contributed by atoms with Crippen molar-refractivity contribution in [1.29, 1.82) is 0 Å². The van der Waals surface area contributed by atoms with Crippen LogP contribution in [0.3, 0.4) is 0 Å². The summed E-state index contributed by atoms with van der Waals surface area (Å²) in [5, 5.41) is 0. The molecule has 84 valence electrons. The minimum atomic E-state index is -3.41. The lowest BCUT2D eigenvalue weighted by Crippen LogP contribution is -2.35. The van der Waals surface area contributed by atoms with Gasteiger partial charge in [-0.3, -0.25) is 4.18 Å². The molecule has 1 fully saturated rings. The van der Waals surface area contributed by atoms with Gasteiger partial charge < -0.3 is 4.74 Å². The summed E-state index contributed by atoms with van der Waals surface area (Å²) in [5.41, 5.74) is -0.870. The zero-order chi connectivity index (χ0) is 11.2. The molecule has 1 aliphatic heterocycles. The van der Waals surface area contributed by atoms with Gasteiger partial charge in [0.1, 0.15) is 6.10 Å². The van der Waals surface area contributed by atoms with E-state index in [1.165, 1.54) is 0 Å². The molecule has 0 amide bonds. The van der Waals surface area contributed by atoms with E-state index in [0.29, 0.717) is 6.42 Å². The molecule has 14 heavy (non-hydrogen) atoms. The molecule has 0 unspecified atom stereocenters. The van der Waals surface area contributed by atoms with Gasteiger partial charge in [0, 0.05) is 6.42 Å². The van der Waals surface area contributed by atoms with E-state index in [9.17, 15) is 8.42 Å². The van der Waals surface area contributed by atoms with Crippen molar-refractivity contribution in [3.63, 3.8) is 0 Å². The lowest BCUT2D eigenvalue weighted by molar-refractivity contribution is -0.0838. The molecule has 0 radical (unpaired) electrons. The fourth-order valence-corrected chi connectivity index (χ4v) is 2.59. The van der Waals surface area contributed by atoms with Crippen molar-refractivity contribution < 1.29 is 17.3 Å². The van der Waals surface area contributed by atoms with Crippen molar-refractivity contribution in [3.8, 4) is 0 Å². The molecule has 0 spiro atoms. The summed E-state index contributed by atoms with van der Waals surface area (Å²) in [6.45, 7) is 7.55. The fraction of sp³-hybridized carbons (Fsp3) is 1.00. The predicted molar refractivity (Wildman–Crippen MR) is 53.6 cm³/mol. The summed E-state index contributed by atoms with van der Waals surface area (Å²) >= 11 is 0. The molecule has 1 rings (SSSR count). The first-order chi connectivity index (χ1) is 6.02. The maximum Gasteiger partial charge on any atom is 0.264 e. The van der Waals surface area contributed by atoms with Crippen molar-refractivity contribution in [2.24, 2.45) is 0 Å². The summed E-state index contributed by atoms with van der Waals surface area (Å²) in [7, 11) is -3.41. The van der Waals surface area contributed by atoms with Crippen LogP contribution in [0.25, 0.3) is 0 Å². The van der Waals surface area contributed by atoms with E-state index in [4.69, 9.17) is 8.92 Å². The second-order valence-corrected chi connectivity index (χ2v) is 6.56. The topological polar surface area (TPSA) is 52.6 Å². The predicted octanol–water partition coefficient (Wildman–Crippen LogP) is 1.31. The Morgan fingerprint density at radius 1 is 1.29 bits per heavy atom. The minimum Gasteiger partial charge on any atom is -0.367 e. The first-order valence-electron chi connectivity index (χ1n) is 4.60. The van der Waals surface area contributed by atoms with E-state index in [0.717, 1.165) is 6.26 Å². The zero-order valence-corrected chi connectivity index (χ0v) is 10.1. The van der Waals surface area contributed by atoms with E-state index in [2.05, 4.69) is 0 Å². The Morgan fingerprint density at radius 3 is 2.07 bits per heavy atom. The molecule has 0 saturated carbocycles. The molecule has 0 N–H and O–H groups in total. The molecule has 0 aliphatic carbocycles. The van der Waals surface area contributed by atoms with E-state index >= 15 is 0 Å². The van der Waals surface area contributed by atoms with Crippen LogP contribution in [0.2, 0.25) is 0 Å². The Morgan fingerprint density at radius 2 is 1.79 bits per heavy atom. The van der Waals surface area contributed by atoms with Crippen molar-refractivity contribution in [1.82, 2.24) is 0 Å². The average Bonchev–Trinajstić information content (AvgIpc) is 1.94. The largest absolute Gasteiger partial charge is 0.367 e. The molecule has 1 atom stereocenters. The van der Waals surface area contributed by atoms with Crippen LogP contribution in [0.4, 0.5) is 0 Å². The molecule has 5 heteroatoms. The second kappa shape index (κ2) is 3.18. The summed E-state index contributed by atoms with van der Waals surface area (Å²) in [4.78, 5) is 0. The monoisotopic (exact) mass is 222 g/mol. The van der Waals surface area contributed by atoms with E-state index in [1.807, 2.05) is 27.7 Å². The summed E-state index contributed by atoms with van der Waals surface area (Å²) in [6.07, 6.45) is 1.26. The standard InChI is InChI=1S/C9H18O4S/c1-8(2)6-7(9(3,4)13-8)12-14(5,10)11/h7H,6H2,1-5H3/t7-/m1/s1. The molecule has 4 nitrogen and oxygen atoms in total. The molecule has 0 bridgehead atoms. The lowest BCUT2D eigenvalue weighted by atomic mass is 9.98. The van der Waals surface area contributed by atoms with Gasteiger partial charge in [-0.15, -0.1) is 0 Å².